The van der Waals surface area contributed by atoms with Gasteiger partial charge < -0.3 is 10.2 Å². The molecule has 1 N–H and O–H groups in total. The van der Waals surface area contributed by atoms with E-state index in [9.17, 15) is 14.9 Å². The number of nitrogens with zero attached hydrogens (tertiary/aromatic N) is 3. The van der Waals surface area contributed by atoms with Crippen molar-refractivity contribution in [3.63, 3.8) is 0 Å². The molecule has 1 aromatic carbocycles. The third-order valence-corrected chi connectivity index (χ3v) is 6.29. The van der Waals surface area contributed by atoms with E-state index in [1.807, 2.05) is 20.8 Å². The molecule has 0 atom stereocenters. The first-order chi connectivity index (χ1) is 14.2. The highest BCUT2D eigenvalue weighted by atomic mass is 35.5. The molecular formula is C21H22Cl2N4O2S. The van der Waals surface area contributed by atoms with Gasteiger partial charge in [-0.3, -0.25) is 9.59 Å². The maximum absolute atomic E-state index is 12.7. The number of benzene rings is 1. The summed E-state index contributed by atoms with van der Waals surface area (Å²) in [6, 6.07) is 7.09. The fraction of sp³-hybridized carbons (Fsp3) is 0.333. The van der Waals surface area contributed by atoms with Gasteiger partial charge in [0.05, 0.1) is 33.6 Å². The van der Waals surface area contributed by atoms with Gasteiger partial charge in [0.2, 0.25) is 11.8 Å². The van der Waals surface area contributed by atoms with Crippen LogP contribution in [0.2, 0.25) is 10.0 Å². The average molecular weight is 465 g/mol. The van der Waals surface area contributed by atoms with Crippen molar-refractivity contribution in [2.24, 2.45) is 0 Å². The number of likely N-dealkylation sites (N-methyl/N-ethyl adjacent to an activating group) is 1. The minimum atomic E-state index is -0.400. The van der Waals surface area contributed by atoms with E-state index < -0.39 is 5.91 Å². The molecule has 0 bridgehead atoms. The molecule has 0 aliphatic rings. The lowest BCUT2D eigenvalue weighted by molar-refractivity contribution is -0.132. The molecule has 0 aliphatic heterocycles. The van der Waals surface area contributed by atoms with Crippen LogP contribution in [0.3, 0.4) is 0 Å². The number of aromatic nitrogens is 1. The van der Waals surface area contributed by atoms with E-state index in [0.29, 0.717) is 32.9 Å². The van der Waals surface area contributed by atoms with Crippen LogP contribution < -0.4 is 5.32 Å². The van der Waals surface area contributed by atoms with Crippen molar-refractivity contribution in [2.75, 3.05) is 24.2 Å². The molecule has 6 nitrogen and oxygen atoms in total. The van der Waals surface area contributed by atoms with Gasteiger partial charge in [-0.25, -0.2) is 4.98 Å². The first kappa shape index (κ1) is 24.0. The molecule has 0 radical (unpaired) electrons. The molecule has 2 aromatic rings. The second-order valence-corrected chi connectivity index (χ2v) is 8.36. The van der Waals surface area contributed by atoms with Gasteiger partial charge in [0.1, 0.15) is 11.1 Å². The lowest BCUT2D eigenvalue weighted by atomic mass is 10.1. The van der Waals surface area contributed by atoms with Gasteiger partial charge in [0.25, 0.3) is 0 Å². The summed E-state index contributed by atoms with van der Waals surface area (Å²) in [5.41, 5.74) is 3.45. The zero-order chi connectivity index (χ0) is 22.4. The van der Waals surface area contributed by atoms with E-state index in [2.05, 4.69) is 16.4 Å². The van der Waals surface area contributed by atoms with Gasteiger partial charge >= 0.3 is 0 Å². The standard InChI is InChI=1S/C21H22Cl2N4O2S/c1-5-27(10-18(28)26-20-16(22)7-6-8-17(20)23)19(29)11-30-21-15(9-24)13(3)12(2)14(4)25-21/h6-8H,5,10-11H2,1-4H3,(H,26,28). The summed E-state index contributed by atoms with van der Waals surface area (Å²) in [5.74, 6) is -0.565. The summed E-state index contributed by atoms with van der Waals surface area (Å²) in [5, 5.41) is 13.3. The number of thioether (sulfide) groups is 1. The van der Waals surface area contributed by atoms with E-state index >= 15 is 0 Å². The lowest BCUT2D eigenvalue weighted by Crippen LogP contribution is -2.39. The van der Waals surface area contributed by atoms with Crippen molar-refractivity contribution in [1.82, 2.24) is 9.88 Å². The van der Waals surface area contributed by atoms with E-state index in [4.69, 9.17) is 23.2 Å². The van der Waals surface area contributed by atoms with Crippen LogP contribution in [0.4, 0.5) is 5.69 Å². The van der Waals surface area contributed by atoms with Crippen molar-refractivity contribution in [2.45, 2.75) is 32.7 Å². The summed E-state index contributed by atoms with van der Waals surface area (Å²) in [6.45, 7) is 7.67. The zero-order valence-corrected chi connectivity index (χ0v) is 19.5. The molecule has 0 aliphatic carbocycles. The van der Waals surface area contributed by atoms with Crippen molar-refractivity contribution in [3.8, 4) is 6.07 Å². The number of carbonyl (C=O) groups is 2. The van der Waals surface area contributed by atoms with Crippen molar-refractivity contribution >= 4 is 52.5 Å². The Morgan fingerprint density at radius 1 is 1.20 bits per heavy atom. The Hall–Kier alpha value is -2.27. The van der Waals surface area contributed by atoms with Crippen LogP contribution in [0.1, 0.15) is 29.3 Å². The van der Waals surface area contributed by atoms with Gasteiger partial charge in [0, 0.05) is 12.2 Å². The number of nitriles is 1. The third-order valence-electron chi connectivity index (χ3n) is 4.70. The Kier molecular flexibility index (Phi) is 8.54. The lowest BCUT2D eigenvalue weighted by Gasteiger charge is -2.21. The summed E-state index contributed by atoms with van der Waals surface area (Å²) in [6.07, 6.45) is 0. The quantitative estimate of drug-likeness (QED) is 0.596. The number of rotatable bonds is 7. The zero-order valence-electron chi connectivity index (χ0n) is 17.2. The molecule has 1 aromatic heterocycles. The van der Waals surface area contributed by atoms with E-state index in [0.717, 1.165) is 16.8 Å². The predicted octanol–water partition coefficient (Wildman–Crippen LogP) is 4.76. The highest BCUT2D eigenvalue weighted by molar-refractivity contribution is 8.00. The van der Waals surface area contributed by atoms with E-state index in [1.54, 1.807) is 25.1 Å². The van der Waals surface area contributed by atoms with Crippen LogP contribution >= 0.6 is 35.0 Å². The molecule has 2 rings (SSSR count). The van der Waals surface area contributed by atoms with Gasteiger partial charge in [-0.15, -0.1) is 0 Å². The number of hydrogen-bond donors (Lipinski definition) is 1. The number of anilines is 1. The third kappa shape index (κ3) is 5.66. The number of hydrogen-bond acceptors (Lipinski definition) is 5. The van der Waals surface area contributed by atoms with Crippen molar-refractivity contribution < 1.29 is 9.59 Å². The molecule has 0 spiro atoms. The Morgan fingerprint density at radius 2 is 1.83 bits per heavy atom. The minimum absolute atomic E-state index is 0.0671. The molecular weight excluding hydrogens is 443 g/mol. The number of para-hydroxylation sites is 1. The molecule has 9 heteroatoms. The largest absolute Gasteiger partial charge is 0.333 e. The molecule has 0 fully saturated rings. The Morgan fingerprint density at radius 3 is 2.40 bits per heavy atom. The highest BCUT2D eigenvalue weighted by Crippen LogP contribution is 2.30. The van der Waals surface area contributed by atoms with Crippen LogP contribution in [-0.2, 0) is 9.59 Å². The second-order valence-electron chi connectivity index (χ2n) is 6.58. The van der Waals surface area contributed by atoms with Crippen molar-refractivity contribution in [3.05, 3.63) is 50.6 Å². The number of nitrogens with one attached hydrogen (secondary N) is 1. The maximum atomic E-state index is 12.7. The molecule has 0 saturated carbocycles. The first-order valence-corrected chi connectivity index (χ1v) is 11.0. The minimum Gasteiger partial charge on any atom is -0.333 e. The van der Waals surface area contributed by atoms with Crippen LogP contribution in [-0.4, -0.2) is 40.5 Å². The van der Waals surface area contributed by atoms with Crippen molar-refractivity contribution in [1.29, 1.82) is 5.26 Å². The smallest absolute Gasteiger partial charge is 0.244 e. The number of pyridine rings is 1. The van der Waals surface area contributed by atoms with Gasteiger partial charge in [-0.1, -0.05) is 41.0 Å². The fourth-order valence-electron chi connectivity index (χ4n) is 2.71. The van der Waals surface area contributed by atoms with Gasteiger partial charge in [-0.2, -0.15) is 5.26 Å². The topological polar surface area (TPSA) is 86.1 Å². The first-order valence-electron chi connectivity index (χ1n) is 9.21. The van der Waals surface area contributed by atoms with Crippen LogP contribution in [0.15, 0.2) is 23.2 Å². The van der Waals surface area contributed by atoms with Crippen LogP contribution in [0.25, 0.3) is 0 Å². The summed E-state index contributed by atoms with van der Waals surface area (Å²) in [4.78, 5) is 31.0. The van der Waals surface area contributed by atoms with Crippen LogP contribution in [0.5, 0.6) is 0 Å². The Labute approximate surface area is 190 Å². The number of halogens is 2. The molecule has 1 heterocycles. The summed E-state index contributed by atoms with van der Waals surface area (Å²) < 4.78 is 0. The van der Waals surface area contributed by atoms with Gasteiger partial charge in [0.15, 0.2) is 0 Å². The molecule has 0 unspecified atom stereocenters. The SMILES string of the molecule is CCN(CC(=O)Nc1c(Cl)cccc1Cl)C(=O)CSc1nc(C)c(C)c(C)c1C#N. The second kappa shape index (κ2) is 10.7. The molecule has 158 valence electrons. The fourth-order valence-corrected chi connectivity index (χ4v) is 4.19. The summed E-state index contributed by atoms with van der Waals surface area (Å²) in [7, 11) is 0. The van der Waals surface area contributed by atoms with Gasteiger partial charge in [-0.05, 0) is 51.0 Å². The normalized spacial score (nSPS) is 10.4. The van der Waals surface area contributed by atoms with E-state index in [1.165, 1.54) is 16.7 Å². The average Bonchev–Trinajstić information content (AvgIpc) is 2.71. The highest BCUT2D eigenvalue weighted by Gasteiger charge is 2.19. The number of aryl methyl sites for hydroxylation is 1. The number of amides is 2. The summed E-state index contributed by atoms with van der Waals surface area (Å²) >= 11 is 13.3. The number of carbonyl (C=O) groups excluding carboxylic acids is 2. The maximum Gasteiger partial charge on any atom is 0.244 e. The van der Waals surface area contributed by atoms with Crippen LogP contribution in [0, 0.1) is 32.1 Å². The monoisotopic (exact) mass is 464 g/mol. The predicted molar refractivity (Wildman–Crippen MR) is 121 cm³/mol. The Balaban J connectivity index is 2.05. The van der Waals surface area contributed by atoms with E-state index in [-0.39, 0.29) is 18.2 Å². The Bertz CT molecular complexity index is 1000. The molecule has 0 saturated heterocycles. The molecule has 2 amide bonds. The molecule has 30 heavy (non-hydrogen) atoms.